The van der Waals surface area contributed by atoms with E-state index >= 15 is 0 Å². The predicted molar refractivity (Wildman–Crippen MR) is 190 cm³/mol. The van der Waals surface area contributed by atoms with Gasteiger partial charge in [0.25, 0.3) is 0 Å². The van der Waals surface area contributed by atoms with Crippen molar-refractivity contribution in [3.8, 4) is 67.7 Å². The Balaban J connectivity index is 1.28. The van der Waals surface area contributed by atoms with Gasteiger partial charge in [0.15, 0.2) is 0 Å². The van der Waals surface area contributed by atoms with Crippen molar-refractivity contribution in [3.05, 3.63) is 159 Å². The Bertz CT molecular complexity index is 2520. The average molecular weight is 619 g/mol. The van der Waals surface area contributed by atoms with Crippen molar-refractivity contribution in [2.75, 3.05) is 0 Å². The van der Waals surface area contributed by atoms with Crippen LogP contribution in [0.25, 0.3) is 89.2 Å². The van der Waals surface area contributed by atoms with E-state index in [0.29, 0.717) is 23.2 Å². The minimum absolute atomic E-state index is 0.493. The van der Waals surface area contributed by atoms with Crippen LogP contribution in [0.2, 0.25) is 0 Å². The largest absolute Gasteiger partial charge is 0.443 e. The van der Waals surface area contributed by atoms with E-state index in [1.807, 2.05) is 30.6 Å². The number of rotatable bonds is 6. The summed E-state index contributed by atoms with van der Waals surface area (Å²) in [5, 5.41) is 4.49. The van der Waals surface area contributed by atoms with Crippen molar-refractivity contribution >= 4 is 21.5 Å². The van der Waals surface area contributed by atoms with Crippen LogP contribution >= 0.6 is 0 Å². The highest BCUT2D eigenvalue weighted by Crippen LogP contribution is 2.45. The van der Waals surface area contributed by atoms with Crippen molar-refractivity contribution < 1.29 is 8.83 Å². The molecule has 5 aromatic carbocycles. The van der Waals surface area contributed by atoms with Gasteiger partial charge < -0.3 is 8.83 Å². The molecular formula is C42H26N4O2. The Morgan fingerprint density at radius 3 is 1.42 bits per heavy atom. The molecule has 0 aliphatic rings. The fourth-order valence-electron chi connectivity index (χ4n) is 6.53. The molecule has 0 aliphatic heterocycles. The standard InChI is InChI=1S/C42H26N4O2/c1-2-7-27(8-3-1)28-9-6-10-29(23-28)30-13-16-35-36(24-30)40(32-15-18-38(46-26-32)42-44-20-22-48-42)34-12-5-4-11-33(34)39(35)31-14-17-37(45-25-31)41-43-19-21-47-41/h1-26H. The second-order valence-electron chi connectivity index (χ2n) is 11.5. The van der Waals surface area contributed by atoms with Crippen molar-refractivity contribution in [2.24, 2.45) is 0 Å². The molecule has 9 aromatic rings. The minimum Gasteiger partial charge on any atom is -0.443 e. The monoisotopic (exact) mass is 618 g/mol. The van der Waals surface area contributed by atoms with Crippen LogP contribution in [0.5, 0.6) is 0 Å². The van der Waals surface area contributed by atoms with Gasteiger partial charge in [-0.15, -0.1) is 0 Å². The van der Waals surface area contributed by atoms with Crippen molar-refractivity contribution in [1.82, 2.24) is 19.9 Å². The maximum absolute atomic E-state index is 5.52. The molecule has 0 amide bonds. The quantitative estimate of drug-likeness (QED) is 0.173. The summed E-state index contributed by atoms with van der Waals surface area (Å²) < 4.78 is 11.0. The Hall–Kier alpha value is -6.66. The van der Waals surface area contributed by atoms with E-state index in [-0.39, 0.29) is 0 Å². The minimum atomic E-state index is 0.493. The number of hydrogen-bond donors (Lipinski definition) is 0. The van der Waals surface area contributed by atoms with Crippen LogP contribution in [0, 0.1) is 0 Å². The van der Waals surface area contributed by atoms with E-state index in [1.54, 1.807) is 24.9 Å². The highest BCUT2D eigenvalue weighted by Gasteiger charge is 2.19. The summed E-state index contributed by atoms with van der Waals surface area (Å²) in [6.45, 7) is 0. The van der Waals surface area contributed by atoms with Crippen molar-refractivity contribution in [2.45, 2.75) is 0 Å². The lowest BCUT2D eigenvalue weighted by molar-refractivity contribution is 0.572. The second-order valence-corrected chi connectivity index (χ2v) is 11.5. The number of oxazole rings is 2. The van der Waals surface area contributed by atoms with Gasteiger partial charge in [-0.25, -0.2) is 9.97 Å². The molecule has 0 saturated carbocycles. The fourth-order valence-corrected chi connectivity index (χ4v) is 6.53. The first-order valence-electron chi connectivity index (χ1n) is 15.7. The normalized spacial score (nSPS) is 11.3. The topological polar surface area (TPSA) is 77.8 Å². The van der Waals surface area contributed by atoms with E-state index < -0.39 is 0 Å². The summed E-state index contributed by atoms with van der Waals surface area (Å²) in [6.07, 6.45) is 10.2. The first-order valence-corrected chi connectivity index (χ1v) is 15.7. The van der Waals surface area contributed by atoms with Crippen LogP contribution < -0.4 is 0 Å². The Labute approximate surface area is 276 Å². The fraction of sp³-hybridized carbons (Fsp3) is 0. The van der Waals surface area contributed by atoms with Crippen molar-refractivity contribution in [1.29, 1.82) is 0 Å². The van der Waals surface area contributed by atoms with Crippen LogP contribution in [0.3, 0.4) is 0 Å². The summed E-state index contributed by atoms with van der Waals surface area (Å²) >= 11 is 0. The van der Waals surface area contributed by atoms with Crippen LogP contribution in [0.15, 0.2) is 167 Å². The molecule has 0 aliphatic carbocycles. The number of pyridine rings is 2. The SMILES string of the molecule is c1ccc(-c2cccc(-c3ccc4c(-c5ccc(-c6ncco6)nc5)c5ccccc5c(-c5ccc(-c6ncco6)nc5)c4c3)c2)cc1. The third kappa shape index (κ3) is 4.84. The van der Waals surface area contributed by atoms with Gasteiger partial charge in [0, 0.05) is 23.5 Å². The van der Waals surface area contributed by atoms with E-state index in [0.717, 1.165) is 54.9 Å². The van der Waals surface area contributed by atoms with Gasteiger partial charge in [-0.1, -0.05) is 97.1 Å². The highest BCUT2D eigenvalue weighted by atomic mass is 16.3. The summed E-state index contributed by atoms with van der Waals surface area (Å²) in [4.78, 5) is 18.1. The molecule has 0 unspecified atom stereocenters. The van der Waals surface area contributed by atoms with Gasteiger partial charge in [0.1, 0.15) is 23.9 Å². The lowest BCUT2D eigenvalue weighted by Crippen LogP contribution is -1.93. The summed E-state index contributed by atoms with van der Waals surface area (Å²) in [5.41, 5.74) is 10.3. The zero-order valence-electron chi connectivity index (χ0n) is 25.6. The molecule has 0 fully saturated rings. The molecule has 0 atom stereocenters. The molecule has 0 N–H and O–H groups in total. The smallest absolute Gasteiger partial charge is 0.244 e. The molecule has 4 aromatic heterocycles. The maximum atomic E-state index is 5.52. The molecule has 4 heterocycles. The van der Waals surface area contributed by atoms with Gasteiger partial charge >= 0.3 is 0 Å². The molecule has 9 rings (SSSR count). The summed E-state index contributed by atoms with van der Waals surface area (Å²) in [7, 11) is 0. The second kappa shape index (κ2) is 11.6. The predicted octanol–water partition coefficient (Wildman–Crippen LogP) is 10.8. The van der Waals surface area contributed by atoms with E-state index in [9.17, 15) is 0 Å². The van der Waals surface area contributed by atoms with E-state index in [1.165, 1.54) is 11.1 Å². The van der Waals surface area contributed by atoms with Crippen LogP contribution in [-0.2, 0) is 0 Å². The summed E-state index contributed by atoms with van der Waals surface area (Å²) in [6, 6.07) is 42.6. The lowest BCUT2D eigenvalue weighted by atomic mass is 9.85. The third-order valence-corrected chi connectivity index (χ3v) is 8.73. The van der Waals surface area contributed by atoms with Crippen LogP contribution in [-0.4, -0.2) is 19.9 Å². The molecule has 6 heteroatoms. The molecule has 0 spiro atoms. The number of benzene rings is 5. The number of fused-ring (bicyclic) bond motifs is 2. The number of nitrogens with zero attached hydrogens (tertiary/aromatic N) is 4. The van der Waals surface area contributed by atoms with Gasteiger partial charge in [0.05, 0.1) is 12.4 Å². The Morgan fingerprint density at radius 2 is 0.854 bits per heavy atom. The molecule has 0 bridgehead atoms. The zero-order chi connectivity index (χ0) is 31.9. The van der Waals surface area contributed by atoms with E-state index in [4.69, 9.17) is 18.8 Å². The zero-order valence-corrected chi connectivity index (χ0v) is 25.6. The molecule has 48 heavy (non-hydrogen) atoms. The van der Waals surface area contributed by atoms with Crippen LogP contribution in [0.4, 0.5) is 0 Å². The third-order valence-electron chi connectivity index (χ3n) is 8.73. The van der Waals surface area contributed by atoms with E-state index in [2.05, 4.69) is 113 Å². The van der Waals surface area contributed by atoms with Crippen molar-refractivity contribution in [3.63, 3.8) is 0 Å². The highest BCUT2D eigenvalue weighted by molar-refractivity contribution is 6.21. The number of hydrogen-bond acceptors (Lipinski definition) is 6. The molecule has 226 valence electrons. The molecular weight excluding hydrogens is 592 g/mol. The maximum Gasteiger partial charge on any atom is 0.244 e. The van der Waals surface area contributed by atoms with Gasteiger partial charge in [-0.05, 0) is 79.2 Å². The summed E-state index contributed by atoms with van der Waals surface area (Å²) in [5.74, 6) is 0.988. The van der Waals surface area contributed by atoms with Gasteiger partial charge in [-0.3, -0.25) is 9.97 Å². The first-order chi connectivity index (χ1) is 23.8. The first kappa shape index (κ1) is 27.6. The molecule has 0 saturated heterocycles. The average Bonchev–Trinajstić information content (AvgIpc) is 3.91. The van der Waals surface area contributed by atoms with Gasteiger partial charge in [-0.2, -0.15) is 0 Å². The number of aromatic nitrogens is 4. The Morgan fingerprint density at radius 1 is 0.354 bits per heavy atom. The van der Waals surface area contributed by atoms with Crippen LogP contribution in [0.1, 0.15) is 0 Å². The molecule has 0 radical (unpaired) electrons. The Kier molecular flexibility index (Phi) is 6.68. The lowest BCUT2D eigenvalue weighted by Gasteiger charge is -2.18. The van der Waals surface area contributed by atoms with Gasteiger partial charge in [0.2, 0.25) is 11.8 Å². The molecule has 6 nitrogen and oxygen atoms in total.